The summed E-state index contributed by atoms with van der Waals surface area (Å²) in [6, 6.07) is 0.689. The van der Waals surface area contributed by atoms with Crippen molar-refractivity contribution in [3.05, 3.63) is 0 Å². The number of esters is 1. The molecule has 0 aromatic carbocycles. The number of likely N-dealkylation sites (N-methyl/N-ethyl adjacent to an activating group) is 1. The van der Waals surface area contributed by atoms with Crippen LogP contribution in [-0.4, -0.2) is 66.7 Å². The Morgan fingerprint density at radius 1 is 1.38 bits per heavy atom. The van der Waals surface area contributed by atoms with E-state index >= 15 is 0 Å². The van der Waals surface area contributed by atoms with Crippen LogP contribution in [-0.2, 0) is 9.53 Å². The molecule has 2 unspecified atom stereocenters. The van der Waals surface area contributed by atoms with E-state index < -0.39 is 5.54 Å². The smallest absolute Gasteiger partial charge is 0.325 e. The molecule has 21 heavy (non-hydrogen) atoms. The lowest BCUT2D eigenvalue weighted by molar-refractivity contribution is -0.149. The molecule has 1 aliphatic heterocycles. The number of likely N-dealkylation sites (tertiary alicyclic amines) is 1. The predicted octanol–water partition coefficient (Wildman–Crippen LogP) is 1.46. The number of rotatable bonds is 9. The van der Waals surface area contributed by atoms with Crippen molar-refractivity contribution < 1.29 is 9.53 Å². The summed E-state index contributed by atoms with van der Waals surface area (Å²) in [5.41, 5.74) is 5.20. The Labute approximate surface area is 129 Å². The second-order valence-corrected chi connectivity index (χ2v) is 6.21. The number of carbonyl (C=O) groups is 1. The monoisotopic (exact) mass is 299 g/mol. The van der Waals surface area contributed by atoms with Crippen LogP contribution in [0.1, 0.15) is 47.0 Å². The van der Waals surface area contributed by atoms with E-state index in [1.54, 1.807) is 6.92 Å². The Bertz CT molecular complexity index is 317. The highest BCUT2D eigenvalue weighted by atomic mass is 16.5. The minimum Gasteiger partial charge on any atom is -0.465 e. The molecule has 2 atom stereocenters. The number of carbonyl (C=O) groups excluding carboxylic acids is 1. The van der Waals surface area contributed by atoms with E-state index in [1.165, 1.54) is 6.42 Å². The summed E-state index contributed by atoms with van der Waals surface area (Å²) in [6.07, 6.45) is 2.87. The van der Waals surface area contributed by atoms with Crippen molar-refractivity contribution in [3.8, 4) is 0 Å². The first-order valence-corrected chi connectivity index (χ1v) is 8.37. The average Bonchev–Trinajstić information content (AvgIpc) is 2.89. The molecule has 1 saturated heterocycles. The van der Waals surface area contributed by atoms with Crippen LogP contribution in [0.4, 0.5) is 0 Å². The van der Waals surface area contributed by atoms with Gasteiger partial charge in [0.25, 0.3) is 0 Å². The standard InChI is InChI=1S/C16H33N3O2/c1-5-19(6-2)14-9-12-18(13-14)11-8-10-16(4,17)15(20)21-7-3/h14H,5-13,17H2,1-4H3. The summed E-state index contributed by atoms with van der Waals surface area (Å²) in [7, 11) is 0. The van der Waals surface area contributed by atoms with E-state index in [0.29, 0.717) is 19.1 Å². The molecule has 1 fully saturated rings. The maximum Gasteiger partial charge on any atom is 0.325 e. The molecule has 5 heteroatoms. The fraction of sp³-hybridized carbons (Fsp3) is 0.938. The van der Waals surface area contributed by atoms with Gasteiger partial charge in [0.2, 0.25) is 0 Å². The molecule has 124 valence electrons. The molecule has 0 aromatic rings. The molecular formula is C16H33N3O2. The van der Waals surface area contributed by atoms with Crippen molar-refractivity contribution in [3.63, 3.8) is 0 Å². The van der Waals surface area contributed by atoms with Gasteiger partial charge < -0.3 is 15.4 Å². The van der Waals surface area contributed by atoms with Crippen molar-refractivity contribution in [1.82, 2.24) is 9.80 Å². The number of ether oxygens (including phenoxy) is 1. The number of hydrogen-bond donors (Lipinski definition) is 1. The Morgan fingerprint density at radius 2 is 2.05 bits per heavy atom. The molecule has 1 heterocycles. The molecule has 0 amide bonds. The Balaban J connectivity index is 2.29. The lowest BCUT2D eigenvalue weighted by Gasteiger charge is -2.27. The van der Waals surface area contributed by atoms with Crippen molar-refractivity contribution >= 4 is 5.97 Å². The minimum atomic E-state index is -0.853. The largest absolute Gasteiger partial charge is 0.465 e. The Hall–Kier alpha value is -0.650. The zero-order valence-electron chi connectivity index (χ0n) is 14.2. The molecule has 0 spiro atoms. The van der Waals surface area contributed by atoms with E-state index in [9.17, 15) is 4.79 Å². The van der Waals surface area contributed by atoms with Crippen LogP contribution < -0.4 is 5.73 Å². The summed E-state index contributed by atoms with van der Waals surface area (Å²) in [5, 5.41) is 0. The summed E-state index contributed by atoms with van der Waals surface area (Å²) >= 11 is 0. The quantitative estimate of drug-likeness (QED) is 0.653. The van der Waals surface area contributed by atoms with Gasteiger partial charge in [0.1, 0.15) is 5.54 Å². The molecule has 0 aromatic heterocycles. The van der Waals surface area contributed by atoms with Crippen molar-refractivity contribution in [2.24, 2.45) is 5.73 Å². The first kappa shape index (κ1) is 18.4. The molecule has 5 nitrogen and oxygen atoms in total. The van der Waals surface area contributed by atoms with Crippen LogP contribution in [0.15, 0.2) is 0 Å². The van der Waals surface area contributed by atoms with Crippen LogP contribution in [0.25, 0.3) is 0 Å². The minimum absolute atomic E-state index is 0.285. The maximum atomic E-state index is 11.7. The number of nitrogens with two attached hydrogens (primary N) is 1. The molecule has 2 N–H and O–H groups in total. The van der Waals surface area contributed by atoms with Crippen LogP contribution in [0, 0.1) is 0 Å². The highest BCUT2D eigenvalue weighted by Gasteiger charge is 2.30. The lowest BCUT2D eigenvalue weighted by Crippen LogP contribution is -2.46. The summed E-state index contributed by atoms with van der Waals surface area (Å²) in [4.78, 5) is 16.8. The SMILES string of the molecule is CCOC(=O)C(C)(N)CCCN1CCC(N(CC)CC)C1. The molecular weight excluding hydrogens is 266 g/mol. The third-order valence-corrected chi connectivity index (χ3v) is 4.49. The van der Waals surface area contributed by atoms with Crippen molar-refractivity contribution in [2.75, 3.05) is 39.3 Å². The van der Waals surface area contributed by atoms with Crippen molar-refractivity contribution in [1.29, 1.82) is 0 Å². The highest BCUT2D eigenvalue weighted by Crippen LogP contribution is 2.17. The normalized spacial score (nSPS) is 22.5. The summed E-state index contributed by atoms with van der Waals surface area (Å²) in [5.74, 6) is -0.285. The maximum absolute atomic E-state index is 11.7. The zero-order valence-corrected chi connectivity index (χ0v) is 14.2. The molecule has 0 saturated carbocycles. The summed E-state index contributed by atoms with van der Waals surface area (Å²) in [6.45, 7) is 14.0. The van der Waals surface area contributed by atoms with Gasteiger partial charge in [0.05, 0.1) is 6.61 Å². The van der Waals surface area contributed by atoms with Gasteiger partial charge in [0.15, 0.2) is 0 Å². The van der Waals surface area contributed by atoms with Gasteiger partial charge in [-0.05, 0) is 59.3 Å². The third kappa shape index (κ3) is 5.57. The van der Waals surface area contributed by atoms with Gasteiger partial charge in [0, 0.05) is 12.6 Å². The van der Waals surface area contributed by atoms with Gasteiger partial charge in [-0.2, -0.15) is 0 Å². The first-order valence-electron chi connectivity index (χ1n) is 8.37. The van der Waals surface area contributed by atoms with E-state index in [1.807, 2.05) is 6.92 Å². The van der Waals surface area contributed by atoms with Gasteiger partial charge >= 0.3 is 5.97 Å². The summed E-state index contributed by atoms with van der Waals surface area (Å²) < 4.78 is 5.02. The Kier molecular flexibility index (Phi) is 7.63. The van der Waals surface area contributed by atoms with Gasteiger partial charge in [-0.15, -0.1) is 0 Å². The lowest BCUT2D eigenvalue weighted by atomic mass is 9.97. The number of hydrogen-bond acceptors (Lipinski definition) is 5. The molecule has 0 bridgehead atoms. The second kappa shape index (κ2) is 8.71. The van der Waals surface area contributed by atoms with Crippen LogP contribution in [0.3, 0.4) is 0 Å². The fourth-order valence-corrected chi connectivity index (χ4v) is 3.12. The Morgan fingerprint density at radius 3 is 2.62 bits per heavy atom. The van der Waals surface area contributed by atoms with E-state index in [2.05, 4.69) is 23.6 Å². The topological polar surface area (TPSA) is 58.8 Å². The van der Waals surface area contributed by atoms with Gasteiger partial charge in [-0.25, -0.2) is 0 Å². The van der Waals surface area contributed by atoms with E-state index in [0.717, 1.165) is 39.1 Å². The molecule has 0 aliphatic carbocycles. The van der Waals surface area contributed by atoms with E-state index in [-0.39, 0.29) is 5.97 Å². The third-order valence-electron chi connectivity index (χ3n) is 4.49. The molecule has 0 radical (unpaired) electrons. The van der Waals surface area contributed by atoms with E-state index in [4.69, 9.17) is 10.5 Å². The predicted molar refractivity (Wildman–Crippen MR) is 86.2 cm³/mol. The highest BCUT2D eigenvalue weighted by molar-refractivity contribution is 5.79. The zero-order chi connectivity index (χ0) is 15.9. The fourth-order valence-electron chi connectivity index (χ4n) is 3.12. The number of nitrogens with zero attached hydrogens (tertiary/aromatic N) is 2. The molecule has 1 aliphatic rings. The van der Waals surface area contributed by atoms with Crippen molar-refractivity contribution in [2.45, 2.75) is 58.5 Å². The van der Waals surface area contributed by atoms with Gasteiger partial charge in [-0.3, -0.25) is 9.69 Å². The van der Waals surface area contributed by atoms with Crippen LogP contribution in [0.2, 0.25) is 0 Å². The first-order chi connectivity index (χ1) is 9.94. The van der Waals surface area contributed by atoms with Crippen LogP contribution >= 0.6 is 0 Å². The molecule has 1 rings (SSSR count). The average molecular weight is 299 g/mol. The van der Waals surface area contributed by atoms with Gasteiger partial charge in [-0.1, -0.05) is 13.8 Å². The van der Waals surface area contributed by atoms with Crippen LogP contribution in [0.5, 0.6) is 0 Å². The second-order valence-electron chi connectivity index (χ2n) is 6.21.